The molecule has 1 atom stereocenters. The van der Waals surface area contributed by atoms with Gasteiger partial charge in [-0.25, -0.2) is 4.98 Å². The Morgan fingerprint density at radius 3 is 2.72 bits per heavy atom. The van der Waals surface area contributed by atoms with Crippen LogP contribution in [0.25, 0.3) is 11.3 Å². The number of benzene rings is 1. The van der Waals surface area contributed by atoms with Gasteiger partial charge in [-0.3, -0.25) is 0 Å². The van der Waals surface area contributed by atoms with Gasteiger partial charge >= 0.3 is 0 Å². The highest BCUT2D eigenvalue weighted by atomic mass is 79.9. The lowest BCUT2D eigenvalue weighted by Gasteiger charge is -2.02. The van der Waals surface area contributed by atoms with E-state index < -0.39 is 0 Å². The molecule has 18 heavy (non-hydrogen) atoms. The minimum absolute atomic E-state index is 0.637. The molecule has 94 valence electrons. The molecule has 0 spiro atoms. The molecule has 1 unspecified atom stereocenters. The summed E-state index contributed by atoms with van der Waals surface area (Å²) in [5.41, 5.74) is 2.39. The van der Waals surface area contributed by atoms with Crippen molar-refractivity contribution in [3.63, 3.8) is 0 Å². The van der Waals surface area contributed by atoms with E-state index in [9.17, 15) is 0 Å². The van der Waals surface area contributed by atoms with E-state index in [2.05, 4.69) is 58.9 Å². The molecule has 0 amide bonds. The Labute approximate surface area is 124 Å². The van der Waals surface area contributed by atoms with Gasteiger partial charge in [-0.1, -0.05) is 28.1 Å². The number of aromatic nitrogens is 1. The van der Waals surface area contributed by atoms with Gasteiger partial charge in [-0.05, 0) is 37.7 Å². The SMILES string of the molecule is Cc1sc(C2CCCS2)nc1-c1ccc(Br)cc1. The molecule has 2 aromatic rings. The van der Waals surface area contributed by atoms with Crippen LogP contribution in [0.4, 0.5) is 0 Å². The van der Waals surface area contributed by atoms with Crippen LogP contribution in [0.3, 0.4) is 0 Å². The molecule has 0 aliphatic carbocycles. The highest BCUT2D eigenvalue weighted by molar-refractivity contribution is 9.10. The standard InChI is InChI=1S/C14H14BrNS2/c1-9-13(10-4-6-11(15)7-5-10)16-14(18-9)12-3-2-8-17-12/h4-7,12H,2-3,8H2,1H3. The molecule has 1 aliphatic rings. The van der Waals surface area contributed by atoms with Crippen molar-refractivity contribution < 1.29 is 0 Å². The first-order valence-corrected chi connectivity index (χ1v) is 8.75. The lowest BCUT2D eigenvalue weighted by Crippen LogP contribution is -1.87. The molecule has 4 heteroatoms. The number of halogens is 1. The zero-order valence-electron chi connectivity index (χ0n) is 10.1. The van der Waals surface area contributed by atoms with Gasteiger partial charge in [0.2, 0.25) is 0 Å². The molecule has 2 heterocycles. The van der Waals surface area contributed by atoms with E-state index in [1.54, 1.807) is 0 Å². The number of nitrogens with zero attached hydrogens (tertiary/aromatic N) is 1. The normalized spacial score (nSPS) is 19.3. The van der Waals surface area contributed by atoms with Crippen molar-refractivity contribution in [3.05, 3.63) is 38.6 Å². The minimum atomic E-state index is 0.637. The second kappa shape index (κ2) is 5.35. The van der Waals surface area contributed by atoms with E-state index in [-0.39, 0.29) is 0 Å². The molecule has 1 nitrogen and oxygen atoms in total. The van der Waals surface area contributed by atoms with Crippen LogP contribution in [0.5, 0.6) is 0 Å². The van der Waals surface area contributed by atoms with Crippen LogP contribution in [0.15, 0.2) is 28.7 Å². The molecule has 0 radical (unpaired) electrons. The van der Waals surface area contributed by atoms with E-state index >= 15 is 0 Å². The molecule has 0 saturated carbocycles. The van der Waals surface area contributed by atoms with Crippen molar-refractivity contribution >= 4 is 39.0 Å². The minimum Gasteiger partial charge on any atom is -0.240 e. The van der Waals surface area contributed by atoms with E-state index in [4.69, 9.17) is 4.98 Å². The first-order chi connectivity index (χ1) is 8.74. The van der Waals surface area contributed by atoms with E-state index in [0.29, 0.717) is 5.25 Å². The fourth-order valence-electron chi connectivity index (χ4n) is 2.20. The Bertz CT molecular complexity index is 541. The summed E-state index contributed by atoms with van der Waals surface area (Å²) < 4.78 is 1.12. The average molecular weight is 340 g/mol. The van der Waals surface area contributed by atoms with Gasteiger partial charge in [0.1, 0.15) is 5.01 Å². The Kier molecular flexibility index (Phi) is 3.78. The summed E-state index contributed by atoms with van der Waals surface area (Å²) in [5.74, 6) is 1.29. The molecule has 1 aromatic heterocycles. The van der Waals surface area contributed by atoms with Gasteiger partial charge in [-0.15, -0.1) is 11.3 Å². The molecule has 1 saturated heterocycles. The van der Waals surface area contributed by atoms with Crippen molar-refractivity contribution in [1.82, 2.24) is 4.98 Å². The Morgan fingerprint density at radius 1 is 1.28 bits per heavy atom. The maximum absolute atomic E-state index is 4.87. The van der Waals surface area contributed by atoms with Gasteiger partial charge in [0.25, 0.3) is 0 Å². The van der Waals surface area contributed by atoms with Gasteiger partial charge in [-0.2, -0.15) is 11.8 Å². The number of aryl methyl sites for hydroxylation is 1. The van der Waals surface area contributed by atoms with Crippen LogP contribution < -0.4 is 0 Å². The second-order valence-electron chi connectivity index (χ2n) is 4.47. The largest absolute Gasteiger partial charge is 0.240 e. The van der Waals surface area contributed by atoms with Gasteiger partial charge in [0, 0.05) is 14.9 Å². The Hall–Kier alpha value is -0.320. The monoisotopic (exact) mass is 339 g/mol. The molecular formula is C14H14BrNS2. The molecule has 1 aromatic carbocycles. The zero-order chi connectivity index (χ0) is 12.5. The van der Waals surface area contributed by atoms with Crippen LogP contribution in [0.1, 0.15) is 28.0 Å². The summed E-state index contributed by atoms with van der Waals surface area (Å²) in [5, 5.41) is 1.95. The highest BCUT2D eigenvalue weighted by Crippen LogP contribution is 2.43. The summed E-state index contributed by atoms with van der Waals surface area (Å²) >= 11 is 7.40. The zero-order valence-corrected chi connectivity index (χ0v) is 13.4. The van der Waals surface area contributed by atoms with E-state index in [0.717, 1.165) is 10.2 Å². The van der Waals surface area contributed by atoms with Crippen LogP contribution in [-0.4, -0.2) is 10.7 Å². The van der Waals surface area contributed by atoms with Crippen molar-refractivity contribution in [3.8, 4) is 11.3 Å². The number of rotatable bonds is 2. The number of hydrogen-bond donors (Lipinski definition) is 0. The summed E-state index contributed by atoms with van der Waals surface area (Å²) in [7, 11) is 0. The fourth-order valence-corrected chi connectivity index (χ4v) is 4.92. The molecule has 1 aliphatic heterocycles. The average Bonchev–Trinajstić information content (AvgIpc) is 2.99. The van der Waals surface area contributed by atoms with E-state index in [1.165, 1.54) is 34.0 Å². The van der Waals surface area contributed by atoms with Crippen molar-refractivity contribution in [1.29, 1.82) is 0 Å². The summed E-state index contributed by atoms with van der Waals surface area (Å²) in [4.78, 5) is 6.21. The summed E-state index contributed by atoms with van der Waals surface area (Å²) in [6, 6.07) is 8.44. The van der Waals surface area contributed by atoms with Gasteiger partial charge in [0.05, 0.1) is 10.9 Å². The van der Waals surface area contributed by atoms with Crippen LogP contribution in [-0.2, 0) is 0 Å². The predicted octanol–water partition coefficient (Wildman–Crippen LogP) is 5.45. The van der Waals surface area contributed by atoms with Crippen molar-refractivity contribution in [2.24, 2.45) is 0 Å². The summed E-state index contributed by atoms with van der Waals surface area (Å²) in [6.45, 7) is 2.18. The molecule has 0 bridgehead atoms. The lowest BCUT2D eigenvalue weighted by molar-refractivity contribution is 0.823. The van der Waals surface area contributed by atoms with Crippen molar-refractivity contribution in [2.75, 3.05) is 5.75 Å². The third-order valence-corrected chi connectivity index (χ3v) is 6.28. The maximum Gasteiger partial charge on any atom is 0.107 e. The second-order valence-corrected chi connectivity index (χ2v) is 7.93. The summed E-state index contributed by atoms with van der Waals surface area (Å²) in [6.07, 6.45) is 2.62. The lowest BCUT2D eigenvalue weighted by atomic mass is 10.1. The topological polar surface area (TPSA) is 12.9 Å². The number of thioether (sulfide) groups is 1. The Balaban J connectivity index is 1.94. The Morgan fingerprint density at radius 2 is 2.06 bits per heavy atom. The van der Waals surface area contributed by atoms with E-state index in [1.807, 2.05) is 11.3 Å². The first-order valence-electron chi connectivity index (χ1n) is 6.09. The number of thiazole rings is 1. The molecule has 0 N–H and O–H groups in total. The van der Waals surface area contributed by atoms with Gasteiger partial charge in [0.15, 0.2) is 0 Å². The van der Waals surface area contributed by atoms with Crippen LogP contribution in [0, 0.1) is 6.92 Å². The predicted molar refractivity (Wildman–Crippen MR) is 84.4 cm³/mol. The van der Waals surface area contributed by atoms with Crippen LogP contribution in [0.2, 0.25) is 0 Å². The third kappa shape index (κ3) is 2.51. The molecular weight excluding hydrogens is 326 g/mol. The fraction of sp³-hybridized carbons (Fsp3) is 0.357. The molecule has 3 rings (SSSR count). The highest BCUT2D eigenvalue weighted by Gasteiger charge is 2.22. The molecule has 1 fully saturated rings. The number of hydrogen-bond acceptors (Lipinski definition) is 3. The van der Waals surface area contributed by atoms with Crippen molar-refractivity contribution in [2.45, 2.75) is 25.0 Å². The maximum atomic E-state index is 4.87. The van der Waals surface area contributed by atoms with Crippen LogP contribution >= 0.6 is 39.0 Å². The first kappa shape index (κ1) is 12.7. The quantitative estimate of drug-likeness (QED) is 0.721. The smallest absolute Gasteiger partial charge is 0.107 e. The third-order valence-electron chi connectivity index (χ3n) is 3.14. The van der Waals surface area contributed by atoms with Gasteiger partial charge < -0.3 is 0 Å².